The van der Waals surface area contributed by atoms with Crippen molar-refractivity contribution >= 4 is 17.5 Å². The predicted octanol–water partition coefficient (Wildman–Crippen LogP) is 0.217. The van der Waals surface area contributed by atoms with Crippen LogP contribution in [0.2, 0.25) is 0 Å². The molecule has 0 aliphatic carbocycles. The molecule has 4 rings (SSSR count). The molecule has 0 spiro atoms. The molecule has 0 saturated carbocycles. The summed E-state index contributed by atoms with van der Waals surface area (Å²) in [4.78, 5) is 28.7. The molecule has 3 aliphatic heterocycles. The lowest BCUT2D eigenvalue weighted by molar-refractivity contribution is -0.126. The Bertz CT molecular complexity index is 689. The van der Waals surface area contributed by atoms with Gasteiger partial charge in [0.15, 0.2) is 11.5 Å². The van der Waals surface area contributed by atoms with E-state index in [1.54, 1.807) is 17.0 Å². The van der Waals surface area contributed by atoms with Crippen LogP contribution in [0.25, 0.3) is 0 Å². The van der Waals surface area contributed by atoms with Crippen LogP contribution in [-0.2, 0) is 14.3 Å². The summed E-state index contributed by atoms with van der Waals surface area (Å²) in [6.45, 7) is 5.27. The second-order valence-electron chi connectivity index (χ2n) is 6.69. The topological polar surface area (TPSA) is 80.3 Å². The van der Waals surface area contributed by atoms with Gasteiger partial charge in [-0.15, -0.1) is 0 Å². The summed E-state index contributed by atoms with van der Waals surface area (Å²) in [5, 5.41) is 2.96. The van der Waals surface area contributed by atoms with Crippen molar-refractivity contribution in [2.24, 2.45) is 5.92 Å². The Kier molecular flexibility index (Phi) is 4.94. The number of rotatable bonds is 5. The Hall–Kier alpha value is -2.32. The van der Waals surface area contributed by atoms with Gasteiger partial charge in [0.05, 0.1) is 19.1 Å². The molecule has 1 atom stereocenters. The number of carbonyl (C=O) groups excluding carboxylic acids is 2. The molecule has 3 heterocycles. The third-order valence-electron chi connectivity index (χ3n) is 4.99. The molecule has 0 bridgehead atoms. The summed E-state index contributed by atoms with van der Waals surface area (Å²) in [7, 11) is 0. The number of hydrogen-bond acceptors (Lipinski definition) is 6. The van der Waals surface area contributed by atoms with Crippen LogP contribution in [0, 0.1) is 5.92 Å². The smallest absolute Gasteiger partial charge is 0.231 e. The number of benzene rings is 1. The van der Waals surface area contributed by atoms with Crippen LogP contribution in [0.4, 0.5) is 5.69 Å². The molecule has 1 aromatic rings. The average Bonchev–Trinajstić information content (AvgIpc) is 3.28. The van der Waals surface area contributed by atoms with Gasteiger partial charge in [0.2, 0.25) is 18.6 Å². The number of ether oxygens (including phenoxy) is 3. The molecular weight excluding hydrogens is 338 g/mol. The normalized spacial score (nSPS) is 22.7. The number of morpholine rings is 1. The van der Waals surface area contributed by atoms with Crippen LogP contribution in [0.3, 0.4) is 0 Å². The third-order valence-corrected chi connectivity index (χ3v) is 4.99. The average molecular weight is 361 g/mol. The van der Waals surface area contributed by atoms with Crippen molar-refractivity contribution in [2.75, 3.05) is 57.6 Å². The number of fused-ring (bicyclic) bond motifs is 1. The third kappa shape index (κ3) is 3.61. The highest BCUT2D eigenvalue weighted by molar-refractivity contribution is 6.00. The predicted molar refractivity (Wildman–Crippen MR) is 93.3 cm³/mol. The van der Waals surface area contributed by atoms with Gasteiger partial charge in [0, 0.05) is 50.9 Å². The van der Waals surface area contributed by atoms with E-state index in [-0.39, 0.29) is 30.9 Å². The van der Waals surface area contributed by atoms with Gasteiger partial charge in [-0.2, -0.15) is 0 Å². The van der Waals surface area contributed by atoms with Gasteiger partial charge in [-0.1, -0.05) is 0 Å². The lowest BCUT2D eigenvalue weighted by Gasteiger charge is -2.26. The molecule has 2 saturated heterocycles. The fraction of sp³-hybridized carbons (Fsp3) is 0.556. The molecule has 1 aromatic carbocycles. The second-order valence-corrected chi connectivity index (χ2v) is 6.69. The van der Waals surface area contributed by atoms with Crippen LogP contribution >= 0.6 is 0 Å². The van der Waals surface area contributed by atoms with Crippen LogP contribution in [-0.4, -0.2) is 69.4 Å². The van der Waals surface area contributed by atoms with Gasteiger partial charge in [-0.3, -0.25) is 14.5 Å². The van der Waals surface area contributed by atoms with Gasteiger partial charge in [-0.05, 0) is 12.1 Å². The summed E-state index contributed by atoms with van der Waals surface area (Å²) in [6, 6.07) is 5.41. The fourth-order valence-corrected chi connectivity index (χ4v) is 3.49. The fourth-order valence-electron chi connectivity index (χ4n) is 3.49. The van der Waals surface area contributed by atoms with Gasteiger partial charge in [-0.25, -0.2) is 0 Å². The van der Waals surface area contributed by atoms with Crippen molar-refractivity contribution in [2.45, 2.75) is 6.42 Å². The van der Waals surface area contributed by atoms with Crippen molar-refractivity contribution in [3.8, 4) is 11.5 Å². The first kappa shape index (κ1) is 17.1. The van der Waals surface area contributed by atoms with E-state index >= 15 is 0 Å². The van der Waals surface area contributed by atoms with E-state index in [9.17, 15) is 9.59 Å². The van der Waals surface area contributed by atoms with Gasteiger partial charge < -0.3 is 24.4 Å². The van der Waals surface area contributed by atoms with Crippen molar-refractivity contribution in [1.82, 2.24) is 10.2 Å². The maximum Gasteiger partial charge on any atom is 0.231 e. The van der Waals surface area contributed by atoms with E-state index in [2.05, 4.69) is 10.2 Å². The van der Waals surface area contributed by atoms with Crippen LogP contribution in [0.15, 0.2) is 18.2 Å². The molecule has 140 valence electrons. The van der Waals surface area contributed by atoms with Gasteiger partial charge in [0.1, 0.15) is 0 Å². The first-order valence-corrected chi connectivity index (χ1v) is 8.98. The molecule has 3 aliphatic rings. The lowest BCUT2D eigenvalue weighted by Crippen LogP contribution is -2.42. The first-order chi connectivity index (χ1) is 12.7. The zero-order chi connectivity index (χ0) is 17.9. The quantitative estimate of drug-likeness (QED) is 0.808. The van der Waals surface area contributed by atoms with E-state index in [0.29, 0.717) is 24.6 Å². The molecule has 0 aromatic heterocycles. The molecule has 2 fully saturated rings. The van der Waals surface area contributed by atoms with Crippen LogP contribution in [0.5, 0.6) is 11.5 Å². The summed E-state index contributed by atoms with van der Waals surface area (Å²) < 4.78 is 16.0. The van der Waals surface area contributed by atoms with E-state index in [1.807, 2.05) is 6.07 Å². The van der Waals surface area contributed by atoms with Gasteiger partial charge >= 0.3 is 0 Å². The zero-order valence-electron chi connectivity index (χ0n) is 14.6. The Morgan fingerprint density at radius 3 is 2.85 bits per heavy atom. The highest BCUT2D eigenvalue weighted by atomic mass is 16.7. The van der Waals surface area contributed by atoms with Crippen LogP contribution in [0.1, 0.15) is 6.42 Å². The van der Waals surface area contributed by atoms with E-state index in [0.717, 1.165) is 38.5 Å². The number of hydrogen-bond donors (Lipinski definition) is 1. The Morgan fingerprint density at radius 2 is 2.00 bits per heavy atom. The lowest BCUT2D eigenvalue weighted by atomic mass is 10.1. The molecular formula is C18H23N3O5. The highest BCUT2D eigenvalue weighted by Crippen LogP contribution is 2.37. The first-order valence-electron chi connectivity index (χ1n) is 8.98. The number of nitrogens with zero attached hydrogens (tertiary/aromatic N) is 2. The Balaban J connectivity index is 1.30. The number of carbonyl (C=O) groups is 2. The SMILES string of the molecule is O=C(NCCN1CCOCC1)C1CC(=O)N(c2ccc3c(c2)OCO3)C1. The molecule has 26 heavy (non-hydrogen) atoms. The second kappa shape index (κ2) is 7.51. The zero-order valence-corrected chi connectivity index (χ0v) is 14.6. The maximum atomic E-state index is 12.4. The van der Waals surface area contributed by atoms with Gasteiger partial charge in [0.25, 0.3) is 0 Å². The number of anilines is 1. The van der Waals surface area contributed by atoms with E-state index in [4.69, 9.17) is 14.2 Å². The van der Waals surface area contributed by atoms with E-state index in [1.165, 1.54) is 0 Å². The largest absolute Gasteiger partial charge is 0.454 e. The minimum atomic E-state index is -0.322. The van der Waals surface area contributed by atoms with Crippen molar-refractivity contribution < 1.29 is 23.8 Å². The molecule has 1 unspecified atom stereocenters. The molecule has 1 N–H and O–H groups in total. The van der Waals surface area contributed by atoms with Crippen molar-refractivity contribution in [1.29, 1.82) is 0 Å². The highest BCUT2D eigenvalue weighted by Gasteiger charge is 2.35. The Labute approximate surface area is 152 Å². The molecule has 0 radical (unpaired) electrons. The van der Waals surface area contributed by atoms with Crippen molar-refractivity contribution in [3.05, 3.63) is 18.2 Å². The number of nitrogens with one attached hydrogen (secondary N) is 1. The number of amides is 2. The summed E-state index contributed by atoms with van der Waals surface area (Å²) in [5.41, 5.74) is 0.739. The molecule has 8 heteroatoms. The standard InChI is InChI=1S/C18H23N3O5/c22-17-9-13(18(23)19-3-4-20-5-7-24-8-6-20)11-21(17)14-1-2-15-16(10-14)26-12-25-15/h1-2,10,13H,3-9,11-12H2,(H,19,23). The molecule has 8 nitrogen and oxygen atoms in total. The van der Waals surface area contributed by atoms with E-state index < -0.39 is 0 Å². The summed E-state index contributed by atoms with van der Waals surface area (Å²) in [5.74, 6) is 0.885. The monoisotopic (exact) mass is 361 g/mol. The summed E-state index contributed by atoms with van der Waals surface area (Å²) >= 11 is 0. The maximum absolute atomic E-state index is 12.4. The Morgan fingerprint density at radius 1 is 1.19 bits per heavy atom. The summed E-state index contributed by atoms with van der Waals surface area (Å²) in [6.07, 6.45) is 0.234. The molecule has 2 amide bonds. The minimum Gasteiger partial charge on any atom is -0.454 e. The van der Waals surface area contributed by atoms with Crippen molar-refractivity contribution in [3.63, 3.8) is 0 Å². The van der Waals surface area contributed by atoms with Crippen LogP contribution < -0.4 is 19.7 Å². The minimum absolute atomic E-state index is 0.0443.